The minimum absolute atomic E-state index is 0.239. The molecule has 1 aromatic heterocycles. The molecule has 3 heterocycles. The Morgan fingerprint density at radius 2 is 1.79 bits per heavy atom. The molecule has 9 heteroatoms. The number of hydrogen-bond acceptors (Lipinski definition) is 5. The lowest BCUT2D eigenvalue weighted by atomic mass is 10.1. The van der Waals surface area contributed by atoms with Crippen molar-refractivity contribution in [1.29, 1.82) is 0 Å². The van der Waals surface area contributed by atoms with E-state index in [1.807, 2.05) is 30.3 Å². The molecule has 8 nitrogen and oxygen atoms in total. The van der Waals surface area contributed by atoms with E-state index >= 15 is 0 Å². The highest BCUT2D eigenvalue weighted by Gasteiger charge is 2.36. The van der Waals surface area contributed by atoms with Crippen LogP contribution in [0.1, 0.15) is 25.1 Å². The summed E-state index contributed by atoms with van der Waals surface area (Å²) < 4.78 is 29.6. The molecule has 0 radical (unpaired) electrons. The van der Waals surface area contributed by atoms with E-state index in [0.29, 0.717) is 16.8 Å². The van der Waals surface area contributed by atoms with Gasteiger partial charge >= 0.3 is 0 Å². The van der Waals surface area contributed by atoms with Gasteiger partial charge in [-0.25, -0.2) is 8.42 Å². The summed E-state index contributed by atoms with van der Waals surface area (Å²) >= 11 is 0. The number of fused-ring (bicyclic) bond motifs is 1. The lowest BCUT2D eigenvalue weighted by Gasteiger charge is -2.18. The quantitative estimate of drug-likeness (QED) is 0.484. The average molecular weight is 474 g/mol. The van der Waals surface area contributed by atoms with Crippen LogP contribution in [0.15, 0.2) is 65.6 Å². The maximum absolute atomic E-state index is 13.2. The Morgan fingerprint density at radius 1 is 0.971 bits per heavy atom. The molecule has 2 aliphatic rings. The van der Waals surface area contributed by atoms with Gasteiger partial charge in [0, 0.05) is 29.6 Å². The second-order valence-electron chi connectivity index (χ2n) is 8.67. The summed E-state index contributed by atoms with van der Waals surface area (Å²) in [7, 11) is -3.79. The van der Waals surface area contributed by atoms with Crippen LogP contribution in [0.5, 0.6) is 0 Å². The van der Waals surface area contributed by atoms with Crippen LogP contribution >= 0.6 is 0 Å². The SMILES string of the molecule is O=C(CN1c2cccc3cccc(c23)S1(=O)=O)Nc1cccc(-c2nnc3n2CCCCC3)c1. The van der Waals surface area contributed by atoms with E-state index in [-0.39, 0.29) is 11.4 Å². The van der Waals surface area contributed by atoms with Gasteiger partial charge in [0.1, 0.15) is 12.4 Å². The van der Waals surface area contributed by atoms with Gasteiger partial charge in [0.05, 0.1) is 10.6 Å². The molecule has 1 amide bonds. The van der Waals surface area contributed by atoms with Gasteiger partial charge < -0.3 is 9.88 Å². The molecule has 0 aliphatic carbocycles. The fourth-order valence-corrected chi connectivity index (χ4v) is 6.56. The zero-order valence-electron chi connectivity index (χ0n) is 18.4. The van der Waals surface area contributed by atoms with Gasteiger partial charge in [-0.3, -0.25) is 9.10 Å². The third-order valence-corrected chi connectivity index (χ3v) is 8.28. The van der Waals surface area contributed by atoms with Crippen molar-refractivity contribution < 1.29 is 13.2 Å². The first-order valence-corrected chi connectivity index (χ1v) is 12.8. The molecule has 4 aromatic rings. The van der Waals surface area contributed by atoms with Crippen LogP contribution in [-0.4, -0.2) is 35.6 Å². The van der Waals surface area contributed by atoms with Crippen molar-refractivity contribution in [3.05, 3.63) is 66.5 Å². The number of carbonyl (C=O) groups excluding carboxylic acids is 1. The van der Waals surface area contributed by atoms with Crippen molar-refractivity contribution in [2.45, 2.75) is 37.1 Å². The predicted octanol–water partition coefficient (Wildman–Crippen LogP) is 3.97. The van der Waals surface area contributed by atoms with Crippen molar-refractivity contribution >= 4 is 38.1 Å². The average Bonchev–Trinajstić information content (AvgIpc) is 3.21. The summed E-state index contributed by atoms with van der Waals surface area (Å²) in [6.45, 7) is 0.577. The summed E-state index contributed by atoms with van der Waals surface area (Å²) in [6, 6.07) is 18.0. The van der Waals surface area contributed by atoms with Crippen molar-refractivity contribution in [3.8, 4) is 11.4 Å². The number of hydrogen-bond donors (Lipinski definition) is 1. The van der Waals surface area contributed by atoms with Crippen molar-refractivity contribution in [2.24, 2.45) is 0 Å². The van der Waals surface area contributed by atoms with Crippen LogP contribution in [0, 0.1) is 0 Å². The first-order valence-electron chi connectivity index (χ1n) is 11.4. The third-order valence-electron chi connectivity index (χ3n) is 6.48. The number of amides is 1. The first-order chi connectivity index (χ1) is 16.5. The van der Waals surface area contributed by atoms with E-state index in [9.17, 15) is 13.2 Å². The van der Waals surface area contributed by atoms with Gasteiger partial charge in [0.2, 0.25) is 5.91 Å². The lowest BCUT2D eigenvalue weighted by molar-refractivity contribution is -0.114. The van der Waals surface area contributed by atoms with Gasteiger partial charge in [0.25, 0.3) is 10.0 Å². The van der Waals surface area contributed by atoms with Gasteiger partial charge in [-0.05, 0) is 42.5 Å². The molecule has 0 saturated carbocycles. The maximum Gasteiger partial charge on any atom is 0.265 e. The number of sulfonamides is 1. The highest BCUT2D eigenvalue weighted by atomic mass is 32.2. The predicted molar refractivity (Wildman–Crippen MR) is 130 cm³/mol. The molecular weight excluding hydrogens is 450 g/mol. The molecule has 0 unspecified atom stereocenters. The number of aromatic nitrogens is 3. The molecule has 0 fully saturated rings. The lowest BCUT2D eigenvalue weighted by Crippen LogP contribution is -2.35. The second kappa shape index (κ2) is 7.95. The Balaban J connectivity index is 1.25. The minimum Gasteiger partial charge on any atom is -0.324 e. The third kappa shape index (κ3) is 3.35. The van der Waals surface area contributed by atoms with E-state index in [1.165, 1.54) is 10.7 Å². The summed E-state index contributed by atoms with van der Waals surface area (Å²) in [5.41, 5.74) is 1.98. The van der Waals surface area contributed by atoms with Gasteiger partial charge in [-0.1, -0.05) is 42.8 Å². The Bertz CT molecular complexity index is 1540. The summed E-state index contributed by atoms with van der Waals surface area (Å²) in [4.78, 5) is 13.2. The van der Waals surface area contributed by atoms with E-state index in [4.69, 9.17) is 0 Å². The van der Waals surface area contributed by atoms with Crippen molar-refractivity contribution in [3.63, 3.8) is 0 Å². The minimum atomic E-state index is -3.79. The zero-order chi connectivity index (χ0) is 23.3. The fourth-order valence-electron chi connectivity index (χ4n) is 4.89. The Kier molecular flexibility index (Phi) is 4.88. The number of nitrogens with zero attached hydrogens (tertiary/aromatic N) is 4. The number of benzene rings is 3. The molecule has 172 valence electrons. The van der Waals surface area contributed by atoms with Crippen LogP contribution in [0.25, 0.3) is 22.2 Å². The Labute approximate surface area is 197 Å². The fraction of sp³-hybridized carbons (Fsp3) is 0.240. The number of anilines is 2. The van der Waals surface area contributed by atoms with E-state index in [0.717, 1.165) is 48.4 Å². The Hall–Kier alpha value is -3.72. The molecule has 34 heavy (non-hydrogen) atoms. The molecule has 0 spiro atoms. The number of aryl methyl sites for hydroxylation is 1. The van der Waals surface area contributed by atoms with E-state index in [1.54, 1.807) is 30.3 Å². The molecule has 0 atom stereocenters. The van der Waals surface area contributed by atoms with Crippen molar-refractivity contribution in [1.82, 2.24) is 14.8 Å². The highest BCUT2D eigenvalue weighted by molar-refractivity contribution is 7.93. The maximum atomic E-state index is 13.2. The zero-order valence-corrected chi connectivity index (χ0v) is 19.3. The first kappa shape index (κ1) is 20.9. The monoisotopic (exact) mass is 473 g/mol. The van der Waals surface area contributed by atoms with Crippen LogP contribution < -0.4 is 9.62 Å². The summed E-state index contributed by atoms with van der Waals surface area (Å²) in [5.74, 6) is 1.37. The van der Waals surface area contributed by atoms with E-state index in [2.05, 4.69) is 20.1 Å². The van der Waals surface area contributed by atoms with Crippen molar-refractivity contribution in [2.75, 3.05) is 16.2 Å². The number of rotatable bonds is 4. The van der Waals surface area contributed by atoms with Crippen LogP contribution in [0.2, 0.25) is 0 Å². The molecular formula is C25H23N5O3S. The van der Waals surface area contributed by atoms with Gasteiger partial charge in [-0.2, -0.15) is 0 Å². The molecule has 6 rings (SSSR count). The van der Waals surface area contributed by atoms with Gasteiger partial charge in [0.15, 0.2) is 5.82 Å². The molecule has 2 aliphatic heterocycles. The van der Waals surface area contributed by atoms with Crippen LogP contribution in [0.3, 0.4) is 0 Å². The summed E-state index contributed by atoms with van der Waals surface area (Å²) in [5, 5.41) is 13.1. The normalized spacial score (nSPS) is 16.3. The number of nitrogens with one attached hydrogen (secondary N) is 1. The van der Waals surface area contributed by atoms with E-state index < -0.39 is 15.9 Å². The topological polar surface area (TPSA) is 97.2 Å². The smallest absolute Gasteiger partial charge is 0.265 e. The largest absolute Gasteiger partial charge is 0.324 e. The highest BCUT2D eigenvalue weighted by Crippen LogP contribution is 2.41. The molecule has 1 N–H and O–H groups in total. The Morgan fingerprint density at radius 3 is 2.68 bits per heavy atom. The summed E-state index contributed by atoms with van der Waals surface area (Å²) in [6.07, 6.45) is 4.30. The van der Waals surface area contributed by atoms with Gasteiger partial charge in [-0.15, -0.1) is 10.2 Å². The van der Waals surface area contributed by atoms with Crippen LogP contribution in [0.4, 0.5) is 11.4 Å². The molecule has 0 bridgehead atoms. The number of carbonyl (C=O) groups is 1. The molecule has 0 saturated heterocycles. The molecule has 3 aromatic carbocycles. The standard InChI is InChI=1S/C25H23N5O3S/c31-23(16-30-20-11-5-7-17-8-6-12-21(24(17)20)34(30,32)33)26-19-10-4-9-18(15-19)25-28-27-22-13-2-1-3-14-29(22)25/h4-12,15H,1-3,13-14,16H2,(H,26,31). The second-order valence-corrected chi connectivity index (χ2v) is 10.5. The van der Waals surface area contributed by atoms with Crippen LogP contribution in [-0.2, 0) is 27.8 Å².